The van der Waals surface area contributed by atoms with Gasteiger partial charge in [0.1, 0.15) is 0 Å². The van der Waals surface area contributed by atoms with Gasteiger partial charge < -0.3 is 0 Å². The molecule has 0 aliphatic carbocycles. The van der Waals surface area contributed by atoms with Crippen LogP contribution < -0.4 is 0 Å². The van der Waals surface area contributed by atoms with Crippen LogP contribution in [0.15, 0.2) is 17.1 Å². The summed E-state index contributed by atoms with van der Waals surface area (Å²) in [5.74, 6) is 0.200. The molecule has 0 heterocycles. The van der Waals surface area contributed by atoms with Gasteiger partial charge in [0.2, 0.25) is 0 Å². The minimum absolute atomic E-state index is 0.0706. The van der Waals surface area contributed by atoms with Crippen molar-refractivity contribution < 1.29 is 13.0 Å². The van der Waals surface area contributed by atoms with Crippen LogP contribution in [0.2, 0.25) is 13.3 Å². The van der Waals surface area contributed by atoms with E-state index in [0.717, 1.165) is 69.4 Å². The van der Waals surface area contributed by atoms with E-state index < -0.39 is 24.8 Å². The van der Waals surface area contributed by atoms with Gasteiger partial charge in [-0.3, -0.25) is 0 Å². The standard InChI is InChI=1S/C21H33NO3.3C4H9.Sn/c1-9-13(2)17(19(24)25)22-12-14-10-15(20(3,4)5)11-16(18(14)23)21(6,7)8;3*1-3-4-2;/h10-13,17,23H,9H2,1-8H3,(H,24,25);3*1,3-4H2,2H3;/q;;;;+1/p-1/t13-,17-;;;;/m0..../s1. The monoisotopic (exact) mass is 637 g/mol. The van der Waals surface area contributed by atoms with E-state index in [-0.39, 0.29) is 28.5 Å². The summed E-state index contributed by atoms with van der Waals surface area (Å²) in [6.07, 6.45) is 9.45. The van der Waals surface area contributed by atoms with Crippen LogP contribution in [0.3, 0.4) is 0 Å². The molecule has 0 unspecified atom stereocenters. The number of aromatic hydroxyl groups is 1. The minimum atomic E-state index is -3.12. The van der Waals surface area contributed by atoms with Crippen LogP contribution in [-0.2, 0) is 18.7 Å². The van der Waals surface area contributed by atoms with Gasteiger partial charge in [0.25, 0.3) is 0 Å². The molecule has 0 fully saturated rings. The Morgan fingerprint density at radius 2 is 1.42 bits per heavy atom. The van der Waals surface area contributed by atoms with Gasteiger partial charge in [-0.25, -0.2) is 0 Å². The van der Waals surface area contributed by atoms with Crippen LogP contribution in [0.25, 0.3) is 0 Å². The van der Waals surface area contributed by atoms with E-state index in [4.69, 9.17) is 8.07 Å². The molecule has 5 heteroatoms. The molecule has 38 heavy (non-hydrogen) atoms. The third-order valence-electron chi connectivity index (χ3n) is 7.89. The van der Waals surface area contributed by atoms with Gasteiger partial charge in [-0.05, 0) is 0 Å². The maximum absolute atomic E-state index is 13.9. The molecule has 0 saturated carbocycles. The Morgan fingerprint density at radius 3 is 1.82 bits per heavy atom. The number of hydrogen-bond acceptors (Lipinski definition) is 4. The molecule has 0 bridgehead atoms. The van der Waals surface area contributed by atoms with Crippen molar-refractivity contribution in [2.45, 2.75) is 151 Å². The van der Waals surface area contributed by atoms with Crippen molar-refractivity contribution in [2.24, 2.45) is 10.9 Å². The van der Waals surface area contributed by atoms with Crippen molar-refractivity contribution in [1.29, 1.82) is 0 Å². The Morgan fingerprint density at radius 1 is 0.921 bits per heavy atom. The summed E-state index contributed by atoms with van der Waals surface area (Å²) in [6, 6.07) is 3.60. The fraction of sp³-hybridized carbons (Fsp3) is 0.758. The summed E-state index contributed by atoms with van der Waals surface area (Å²) >= 11 is -3.12. The van der Waals surface area contributed by atoms with Crippen molar-refractivity contribution >= 4 is 31.0 Å². The van der Waals surface area contributed by atoms with Crippen LogP contribution in [0.1, 0.15) is 138 Å². The molecule has 0 saturated heterocycles. The zero-order valence-corrected chi connectivity index (χ0v) is 29.5. The molecule has 0 aliphatic heterocycles. The topological polar surface area (TPSA) is 58.9 Å². The van der Waals surface area contributed by atoms with Gasteiger partial charge in [-0.1, -0.05) is 0 Å². The number of phenolic OH excluding ortho intramolecular Hbond substituents is 1. The molecule has 4 nitrogen and oxygen atoms in total. The van der Waals surface area contributed by atoms with Crippen molar-refractivity contribution in [1.82, 2.24) is 0 Å². The molecule has 0 radical (unpaired) electrons. The second-order valence-corrected chi connectivity index (χ2v) is 25.1. The van der Waals surface area contributed by atoms with E-state index in [2.05, 4.69) is 82.2 Å². The molecule has 0 amide bonds. The number of aliphatic imine (C=N–C) groups is 1. The third kappa shape index (κ3) is 10.5. The summed E-state index contributed by atoms with van der Waals surface area (Å²) in [5, 5.41) is 11.2. The van der Waals surface area contributed by atoms with Crippen LogP contribution in [-0.4, -0.2) is 42.1 Å². The van der Waals surface area contributed by atoms with Gasteiger partial charge in [0, 0.05) is 0 Å². The molecule has 1 aromatic rings. The summed E-state index contributed by atoms with van der Waals surface area (Å²) in [7, 11) is 0. The quantitative estimate of drug-likeness (QED) is 0.154. The summed E-state index contributed by atoms with van der Waals surface area (Å²) in [5.41, 5.74) is 2.45. The van der Waals surface area contributed by atoms with Crippen LogP contribution >= 0.6 is 0 Å². The summed E-state index contributed by atoms with van der Waals surface area (Å²) in [6.45, 7) is 23.8. The summed E-state index contributed by atoms with van der Waals surface area (Å²) < 4.78 is 10.1. The van der Waals surface area contributed by atoms with Gasteiger partial charge in [-0.2, -0.15) is 0 Å². The predicted octanol–water partition coefficient (Wildman–Crippen LogP) is 9.71. The normalized spacial score (nSPS) is 14.6. The fourth-order valence-electron chi connectivity index (χ4n) is 4.88. The first-order valence-corrected chi connectivity index (χ1v) is 22.5. The SMILES string of the molecule is CCC[CH2][Sn]([CH2]CCC)([CH2]CCC)[O]C(=O)[C@@H](N=Cc1cc(C(C)(C)C)cc(C(C)(C)C)c1O)[C@@H](C)CC. The number of nitrogens with zero attached hydrogens (tertiary/aromatic N) is 1. The van der Waals surface area contributed by atoms with E-state index in [1.165, 1.54) is 0 Å². The van der Waals surface area contributed by atoms with E-state index in [1.54, 1.807) is 6.21 Å². The van der Waals surface area contributed by atoms with Crippen LogP contribution in [0, 0.1) is 5.92 Å². The van der Waals surface area contributed by atoms with Crippen LogP contribution in [0.4, 0.5) is 0 Å². The fourth-order valence-corrected chi connectivity index (χ4v) is 18.0. The van der Waals surface area contributed by atoms with Crippen molar-refractivity contribution in [3.8, 4) is 5.75 Å². The van der Waals surface area contributed by atoms with Gasteiger partial charge in [0.15, 0.2) is 0 Å². The number of benzene rings is 1. The van der Waals surface area contributed by atoms with Crippen LogP contribution in [0.5, 0.6) is 5.75 Å². The predicted molar refractivity (Wildman–Crippen MR) is 167 cm³/mol. The van der Waals surface area contributed by atoms with E-state index in [0.29, 0.717) is 5.56 Å². The Bertz CT molecular complexity index is 873. The third-order valence-corrected chi connectivity index (χ3v) is 20.5. The first kappa shape index (κ1) is 35.0. The molecular formula is C33H59NO3Sn. The molecule has 1 N–H and O–H groups in total. The van der Waals surface area contributed by atoms with Crippen molar-refractivity contribution in [3.63, 3.8) is 0 Å². The number of rotatable bonds is 15. The molecule has 0 spiro atoms. The van der Waals surface area contributed by atoms with E-state index in [1.807, 2.05) is 6.07 Å². The first-order valence-electron chi connectivity index (χ1n) is 15.3. The molecular weight excluding hydrogens is 577 g/mol. The molecule has 0 aromatic heterocycles. The Hall–Kier alpha value is -1.04. The molecule has 218 valence electrons. The number of carbonyl (C=O) groups is 1. The van der Waals surface area contributed by atoms with E-state index >= 15 is 0 Å². The zero-order chi connectivity index (χ0) is 29.1. The van der Waals surface area contributed by atoms with Gasteiger partial charge >= 0.3 is 241 Å². The first-order chi connectivity index (χ1) is 17.7. The second kappa shape index (κ2) is 15.7. The Balaban J connectivity index is 3.50. The molecule has 2 atom stereocenters. The summed E-state index contributed by atoms with van der Waals surface area (Å²) in [4.78, 5) is 18.7. The zero-order valence-electron chi connectivity index (χ0n) is 26.7. The number of unbranched alkanes of at least 4 members (excludes halogenated alkanes) is 3. The maximum atomic E-state index is 13.9. The average molecular weight is 637 g/mol. The second-order valence-electron chi connectivity index (χ2n) is 13.5. The number of carbonyl (C=O) groups excluding carboxylic acids is 1. The average Bonchev–Trinajstić information content (AvgIpc) is 2.84. The number of hydrogen-bond donors (Lipinski definition) is 1. The van der Waals surface area contributed by atoms with Gasteiger partial charge in [0.05, 0.1) is 0 Å². The Labute approximate surface area is 239 Å². The van der Waals surface area contributed by atoms with Crippen molar-refractivity contribution in [3.05, 3.63) is 28.8 Å². The van der Waals surface area contributed by atoms with Crippen molar-refractivity contribution in [2.75, 3.05) is 0 Å². The number of phenols is 1. The molecule has 0 aliphatic rings. The Kier molecular flexibility index (Phi) is 14.4. The molecule has 1 aromatic carbocycles. The molecule has 1 rings (SSSR count). The van der Waals surface area contributed by atoms with E-state index in [9.17, 15) is 9.90 Å². The van der Waals surface area contributed by atoms with Gasteiger partial charge in [-0.15, -0.1) is 0 Å².